The highest BCUT2D eigenvalue weighted by Crippen LogP contribution is 2.17. The summed E-state index contributed by atoms with van der Waals surface area (Å²) in [6, 6.07) is 0. The Hall–Kier alpha value is -3.67. The van der Waals surface area contributed by atoms with Gasteiger partial charge in [0.2, 0.25) is 0 Å². The van der Waals surface area contributed by atoms with Gasteiger partial charge in [-0.25, -0.2) is 0 Å². The number of carbonyl (C=O) groups is 3. The van der Waals surface area contributed by atoms with Gasteiger partial charge >= 0.3 is 17.9 Å². The zero-order valence-electron chi connectivity index (χ0n) is 48.6. The van der Waals surface area contributed by atoms with E-state index >= 15 is 0 Å². The number of ether oxygens (including phenoxy) is 3. The zero-order chi connectivity index (χ0) is 53.6. The van der Waals surface area contributed by atoms with Crippen LogP contribution < -0.4 is 0 Å². The molecule has 0 bridgehead atoms. The number of hydrogen-bond acceptors (Lipinski definition) is 6. The lowest BCUT2D eigenvalue weighted by Crippen LogP contribution is -2.30. The van der Waals surface area contributed by atoms with Crippen LogP contribution in [0.25, 0.3) is 0 Å². The summed E-state index contributed by atoms with van der Waals surface area (Å²) in [6.45, 7) is 6.39. The van der Waals surface area contributed by atoms with Gasteiger partial charge in [-0.3, -0.25) is 14.4 Å². The number of rotatable bonds is 56. The second-order valence-corrected chi connectivity index (χ2v) is 20.6. The SMILES string of the molecule is CC/C=C\C/C=C\C/C=C\C/C=C\C/C=C\CCCC(=O)OC(COC(=O)CCCCCCCCC/C=C\C/C=C\C/C=C\CC)COC(=O)CCCCCCCCCCCCCCCCCCCCCCCC. The number of hydrogen-bond donors (Lipinski definition) is 0. The van der Waals surface area contributed by atoms with E-state index in [0.29, 0.717) is 19.3 Å². The molecule has 0 spiro atoms. The predicted octanol–water partition coefficient (Wildman–Crippen LogP) is 21.3. The van der Waals surface area contributed by atoms with Gasteiger partial charge in [-0.2, -0.15) is 0 Å². The van der Waals surface area contributed by atoms with Crippen molar-refractivity contribution in [3.8, 4) is 0 Å². The maximum atomic E-state index is 12.9. The average Bonchev–Trinajstić information content (AvgIpc) is 3.40. The molecule has 0 aromatic heterocycles. The summed E-state index contributed by atoms with van der Waals surface area (Å²) in [5.74, 6) is -0.961. The Balaban J connectivity index is 4.41. The Morgan fingerprint density at radius 2 is 0.541 bits per heavy atom. The summed E-state index contributed by atoms with van der Waals surface area (Å²) < 4.78 is 16.9. The fourth-order valence-electron chi connectivity index (χ4n) is 8.73. The van der Waals surface area contributed by atoms with Crippen LogP contribution in [-0.4, -0.2) is 37.2 Å². The first-order valence-electron chi connectivity index (χ1n) is 31.2. The van der Waals surface area contributed by atoms with Crippen molar-refractivity contribution in [3.63, 3.8) is 0 Å². The summed E-state index contributed by atoms with van der Waals surface area (Å²) in [4.78, 5) is 38.3. The Labute approximate surface area is 457 Å². The molecular weight excluding hydrogens is 913 g/mol. The lowest BCUT2D eigenvalue weighted by atomic mass is 10.0. The van der Waals surface area contributed by atoms with Gasteiger partial charge in [-0.15, -0.1) is 0 Å². The summed E-state index contributed by atoms with van der Waals surface area (Å²) in [5, 5.41) is 0. The third-order valence-electron chi connectivity index (χ3n) is 13.3. The molecule has 0 aromatic carbocycles. The lowest BCUT2D eigenvalue weighted by Gasteiger charge is -2.18. The van der Waals surface area contributed by atoms with E-state index in [1.165, 1.54) is 148 Å². The number of unbranched alkanes of at least 4 members (excludes halogenated alkanes) is 29. The molecule has 0 aliphatic heterocycles. The minimum absolute atomic E-state index is 0.101. The monoisotopic (exact) mass is 1030 g/mol. The van der Waals surface area contributed by atoms with Gasteiger partial charge in [0.05, 0.1) is 0 Å². The highest BCUT2D eigenvalue weighted by molar-refractivity contribution is 5.71. The molecule has 0 heterocycles. The van der Waals surface area contributed by atoms with Crippen molar-refractivity contribution in [1.82, 2.24) is 0 Å². The predicted molar refractivity (Wildman–Crippen MR) is 320 cm³/mol. The molecule has 0 radical (unpaired) electrons. The number of carbonyl (C=O) groups excluding carboxylic acids is 3. The van der Waals surface area contributed by atoms with Gasteiger partial charge in [-0.1, -0.05) is 285 Å². The molecular formula is C68H116O6. The fraction of sp³-hybridized carbons (Fsp3) is 0.721. The molecule has 1 atom stereocenters. The van der Waals surface area contributed by atoms with Gasteiger partial charge in [0.1, 0.15) is 13.2 Å². The normalized spacial score (nSPS) is 12.7. The van der Waals surface area contributed by atoms with Crippen molar-refractivity contribution in [2.75, 3.05) is 13.2 Å². The Kier molecular flexibility index (Phi) is 58.8. The van der Waals surface area contributed by atoms with Crippen molar-refractivity contribution in [2.45, 2.75) is 303 Å². The fourth-order valence-corrected chi connectivity index (χ4v) is 8.73. The number of esters is 3. The minimum Gasteiger partial charge on any atom is -0.462 e. The summed E-state index contributed by atoms with van der Waals surface area (Å²) in [7, 11) is 0. The average molecular weight is 1030 g/mol. The van der Waals surface area contributed by atoms with E-state index in [9.17, 15) is 14.4 Å². The molecule has 0 N–H and O–H groups in total. The van der Waals surface area contributed by atoms with Crippen LogP contribution in [0.4, 0.5) is 0 Å². The van der Waals surface area contributed by atoms with E-state index in [1.54, 1.807) is 0 Å². The second kappa shape index (κ2) is 61.9. The molecule has 0 rings (SSSR count). The van der Waals surface area contributed by atoms with Gasteiger partial charge in [0.25, 0.3) is 0 Å². The van der Waals surface area contributed by atoms with Gasteiger partial charge in [0.15, 0.2) is 6.10 Å². The first kappa shape index (κ1) is 70.3. The Morgan fingerprint density at radius 3 is 0.865 bits per heavy atom. The molecule has 6 nitrogen and oxygen atoms in total. The molecule has 0 saturated heterocycles. The lowest BCUT2D eigenvalue weighted by molar-refractivity contribution is -0.167. The van der Waals surface area contributed by atoms with Crippen LogP contribution in [0.5, 0.6) is 0 Å². The molecule has 0 saturated carbocycles. The van der Waals surface area contributed by atoms with E-state index in [2.05, 4.69) is 118 Å². The Morgan fingerprint density at radius 1 is 0.284 bits per heavy atom. The minimum atomic E-state index is -0.812. The molecule has 0 aliphatic rings. The standard InChI is InChI=1S/C68H116O6/c1-4-7-10-13-16-19-22-25-28-31-32-33-34-35-38-40-43-46-49-52-55-58-61-67(70)73-64-65(74-68(71)62-59-56-53-50-47-44-41-37-30-27-24-21-18-15-12-9-6-3)63-72-66(69)60-57-54-51-48-45-42-39-36-29-26-23-20-17-14-11-8-5-2/h8-9,11-12,17-18,20-21,26-27,29-30,41,44,50,53,65H,4-7,10,13-16,19,22-25,28,31-40,42-43,45-49,51-52,54-64H2,1-3H3/b11-8-,12-9-,20-17-,21-18-,29-26-,30-27-,44-41-,53-50-. The third kappa shape index (κ3) is 59.2. The highest BCUT2D eigenvalue weighted by atomic mass is 16.6. The van der Waals surface area contributed by atoms with Crippen molar-refractivity contribution >= 4 is 17.9 Å². The molecule has 0 fully saturated rings. The van der Waals surface area contributed by atoms with E-state index in [0.717, 1.165) is 103 Å². The zero-order valence-corrected chi connectivity index (χ0v) is 48.6. The van der Waals surface area contributed by atoms with Crippen molar-refractivity contribution in [3.05, 3.63) is 97.2 Å². The van der Waals surface area contributed by atoms with Gasteiger partial charge in [0, 0.05) is 19.3 Å². The maximum absolute atomic E-state index is 12.9. The first-order chi connectivity index (χ1) is 36.5. The van der Waals surface area contributed by atoms with Crippen LogP contribution in [0.15, 0.2) is 97.2 Å². The van der Waals surface area contributed by atoms with Crippen LogP contribution in [-0.2, 0) is 28.6 Å². The van der Waals surface area contributed by atoms with E-state index in [-0.39, 0.29) is 37.5 Å². The first-order valence-corrected chi connectivity index (χ1v) is 31.2. The third-order valence-corrected chi connectivity index (χ3v) is 13.3. The number of allylic oxidation sites excluding steroid dienone is 16. The Bertz CT molecular complexity index is 1460. The van der Waals surface area contributed by atoms with Crippen LogP contribution in [0.3, 0.4) is 0 Å². The molecule has 6 heteroatoms. The molecule has 424 valence electrons. The molecule has 0 amide bonds. The largest absolute Gasteiger partial charge is 0.462 e. The van der Waals surface area contributed by atoms with E-state index in [4.69, 9.17) is 14.2 Å². The quantitative estimate of drug-likeness (QED) is 0.0261. The summed E-state index contributed by atoms with van der Waals surface area (Å²) in [6.07, 6.45) is 82.8. The molecule has 1 unspecified atom stereocenters. The van der Waals surface area contributed by atoms with Crippen molar-refractivity contribution in [1.29, 1.82) is 0 Å². The maximum Gasteiger partial charge on any atom is 0.306 e. The van der Waals surface area contributed by atoms with Crippen molar-refractivity contribution in [2.24, 2.45) is 0 Å². The van der Waals surface area contributed by atoms with E-state index < -0.39 is 6.10 Å². The smallest absolute Gasteiger partial charge is 0.306 e. The topological polar surface area (TPSA) is 78.9 Å². The van der Waals surface area contributed by atoms with Crippen LogP contribution in [0, 0.1) is 0 Å². The van der Waals surface area contributed by atoms with E-state index in [1.807, 2.05) is 0 Å². The summed E-state index contributed by atoms with van der Waals surface area (Å²) >= 11 is 0. The van der Waals surface area contributed by atoms with Crippen LogP contribution in [0.2, 0.25) is 0 Å². The molecule has 0 aliphatic carbocycles. The molecule has 0 aromatic rings. The second-order valence-electron chi connectivity index (χ2n) is 20.6. The van der Waals surface area contributed by atoms with Crippen LogP contribution >= 0.6 is 0 Å². The summed E-state index contributed by atoms with van der Waals surface area (Å²) in [5.41, 5.74) is 0. The van der Waals surface area contributed by atoms with Crippen molar-refractivity contribution < 1.29 is 28.6 Å². The van der Waals surface area contributed by atoms with Gasteiger partial charge < -0.3 is 14.2 Å². The molecule has 74 heavy (non-hydrogen) atoms. The highest BCUT2D eigenvalue weighted by Gasteiger charge is 2.19. The van der Waals surface area contributed by atoms with Gasteiger partial charge in [-0.05, 0) is 89.9 Å². The van der Waals surface area contributed by atoms with Crippen LogP contribution in [0.1, 0.15) is 297 Å².